The summed E-state index contributed by atoms with van der Waals surface area (Å²) in [7, 11) is 0. The Hall–Kier alpha value is -2.20. The second-order valence-corrected chi connectivity index (χ2v) is 4.30. The van der Waals surface area contributed by atoms with Gasteiger partial charge in [-0.2, -0.15) is 0 Å². The maximum Gasteiger partial charge on any atom is 0.152 e. The number of ether oxygens (including phenoxy) is 1. The minimum Gasteiger partial charge on any atom is -0.453 e. The third-order valence-corrected chi connectivity index (χ3v) is 2.88. The van der Waals surface area contributed by atoms with Crippen molar-refractivity contribution in [1.82, 2.24) is 0 Å². The van der Waals surface area contributed by atoms with Gasteiger partial charge in [-0.3, -0.25) is 0 Å². The van der Waals surface area contributed by atoms with Gasteiger partial charge in [0, 0.05) is 11.1 Å². The first-order valence-corrected chi connectivity index (χ1v) is 5.70. The number of hydrogen-bond donors (Lipinski definition) is 2. The fraction of sp³-hybridized carbons (Fsp3) is 0. The maximum atomic E-state index is 8.51. The molecule has 90 valence electrons. The zero-order valence-electron chi connectivity index (χ0n) is 9.22. The van der Waals surface area contributed by atoms with Crippen LogP contribution in [0.25, 0.3) is 0 Å². The van der Waals surface area contributed by atoms with Gasteiger partial charge in [0.1, 0.15) is 0 Å². The molecule has 1 heterocycles. The van der Waals surface area contributed by atoms with E-state index in [0.717, 1.165) is 16.9 Å². The Bertz CT molecular complexity index is 641. The van der Waals surface area contributed by atoms with Crippen molar-refractivity contribution in [2.45, 2.75) is 0 Å². The highest BCUT2D eigenvalue weighted by Crippen LogP contribution is 2.42. The number of benzene rings is 2. The molecule has 0 bridgehead atoms. The van der Waals surface area contributed by atoms with E-state index in [1.807, 2.05) is 18.2 Å². The second kappa shape index (κ2) is 4.23. The summed E-state index contributed by atoms with van der Waals surface area (Å²) in [6.07, 6.45) is 1.34. The Morgan fingerprint density at radius 1 is 1.11 bits per heavy atom. The normalized spacial score (nSPS) is 12.5. The quantitative estimate of drug-likeness (QED) is 0.395. The van der Waals surface area contributed by atoms with E-state index in [9.17, 15) is 0 Å². The van der Waals surface area contributed by atoms with Crippen LogP contribution in [-0.2, 0) is 0 Å². The van der Waals surface area contributed by atoms with Crippen molar-refractivity contribution >= 4 is 29.2 Å². The molecule has 0 aliphatic carbocycles. The van der Waals surface area contributed by atoms with Gasteiger partial charge >= 0.3 is 0 Å². The van der Waals surface area contributed by atoms with Crippen molar-refractivity contribution in [2.75, 3.05) is 5.32 Å². The summed E-state index contributed by atoms with van der Waals surface area (Å²) in [5.74, 6) is 1.34. The van der Waals surface area contributed by atoms with Crippen molar-refractivity contribution in [1.29, 1.82) is 0 Å². The molecule has 2 aromatic rings. The molecule has 18 heavy (non-hydrogen) atoms. The van der Waals surface area contributed by atoms with Crippen LogP contribution in [0.15, 0.2) is 41.6 Å². The SMILES string of the molecule is O/N=C/c1ccc2c(c1)Oc1cc(Cl)ccc1N2. The average Bonchev–Trinajstić information content (AvgIpc) is 2.36. The summed E-state index contributed by atoms with van der Waals surface area (Å²) in [6, 6.07) is 10.9. The molecular weight excluding hydrogens is 252 g/mol. The third-order valence-electron chi connectivity index (χ3n) is 2.65. The van der Waals surface area contributed by atoms with Crippen molar-refractivity contribution in [2.24, 2.45) is 5.16 Å². The summed E-state index contributed by atoms with van der Waals surface area (Å²) >= 11 is 5.92. The number of fused-ring (bicyclic) bond motifs is 2. The van der Waals surface area contributed by atoms with Gasteiger partial charge in [-0.05, 0) is 29.8 Å². The molecule has 0 aromatic heterocycles. The first kappa shape index (κ1) is 10.9. The number of rotatable bonds is 1. The first-order valence-electron chi connectivity index (χ1n) is 5.32. The van der Waals surface area contributed by atoms with Gasteiger partial charge in [-0.1, -0.05) is 22.8 Å². The van der Waals surface area contributed by atoms with E-state index in [1.165, 1.54) is 6.21 Å². The van der Waals surface area contributed by atoms with E-state index in [2.05, 4.69) is 10.5 Å². The lowest BCUT2D eigenvalue weighted by Gasteiger charge is -2.22. The average molecular weight is 261 g/mol. The Morgan fingerprint density at radius 2 is 1.83 bits per heavy atom. The molecular formula is C13H9ClN2O2. The Kier molecular flexibility index (Phi) is 2.57. The van der Waals surface area contributed by atoms with Crippen LogP contribution in [0.1, 0.15) is 5.56 Å². The third kappa shape index (κ3) is 1.87. The van der Waals surface area contributed by atoms with Gasteiger partial charge in [-0.25, -0.2) is 0 Å². The molecule has 1 aliphatic heterocycles. The molecule has 0 atom stereocenters. The highest BCUT2D eigenvalue weighted by Gasteiger charge is 2.16. The van der Waals surface area contributed by atoms with Gasteiger partial charge in [0.2, 0.25) is 0 Å². The molecule has 3 rings (SSSR count). The zero-order chi connectivity index (χ0) is 12.5. The predicted octanol–water partition coefficient (Wildman–Crippen LogP) is 4.00. The first-order chi connectivity index (χ1) is 8.76. The van der Waals surface area contributed by atoms with Crippen LogP contribution in [0.4, 0.5) is 11.4 Å². The van der Waals surface area contributed by atoms with E-state index in [4.69, 9.17) is 21.5 Å². The van der Waals surface area contributed by atoms with Crippen LogP contribution in [0, 0.1) is 0 Å². The van der Waals surface area contributed by atoms with Gasteiger partial charge in [0.15, 0.2) is 11.5 Å². The summed E-state index contributed by atoms with van der Waals surface area (Å²) in [5.41, 5.74) is 2.49. The number of nitrogens with zero attached hydrogens (tertiary/aromatic N) is 1. The van der Waals surface area contributed by atoms with E-state index in [0.29, 0.717) is 16.5 Å². The molecule has 0 spiro atoms. The standard InChI is InChI=1S/C13H9ClN2O2/c14-9-2-4-11-13(6-9)18-12-5-8(7-15-17)1-3-10(12)16-11/h1-7,16-17H/b15-7+. The fourth-order valence-electron chi connectivity index (χ4n) is 1.82. The van der Waals surface area contributed by atoms with Gasteiger partial charge in [0.25, 0.3) is 0 Å². The molecule has 0 fully saturated rings. The van der Waals surface area contributed by atoms with Gasteiger partial charge in [-0.15, -0.1) is 0 Å². The number of nitrogens with one attached hydrogen (secondary N) is 1. The van der Waals surface area contributed by atoms with E-state index in [1.54, 1.807) is 18.2 Å². The monoisotopic (exact) mass is 260 g/mol. The number of anilines is 2. The van der Waals surface area contributed by atoms with Crippen LogP contribution in [-0.4, -0.2) is 11.4 Å². The molecule has 2 N–H and O–H groups in total. The number of halogens is 1. The smallest absolute Gasteiger partial charge is 0.152 e. The van der Waals surface area contributed by atoms with Crippen molar-refractivity contribution in [3.8, 4) is 11.5 Å². The molecule has 0 radical (unpaired) electrons. The number of hydrogen-bond acceptors (Lipinski definition) is 4. The zero-order valence-corrected chi connectivity index (χ0v) is 9.98. The van der Waals surface area contributed by atoms with E-state index >= 15 is 0 Å². The van der Waals surface area contributed by atoms with Gasteiger partial charge < -0.3 is 15.3 Å². The van der Waals surface area contributed by atoms with Crippen molar-refractivity contribution < 1.29 is 9.94 Å². The second-order valence-electron chi connectivity index (χ2n) is 3.87. The van der Waals surface area contributed by atoms with E-state index < -0.39 is 0 Å². The minimum absolute atomic E-state index is 0.618. The molecule has 0 amide bonds. The highest BCUT2D eigenvalue weighted by atomic mass is 35.5. The van der Waals surface area contributed by atoms with Crippen LogP contribution in [0.5, 0.6) is 11.5 Å². The molecule has 4 nitrogen and oxygen atoms in total. The number of oxime groups is 1. The molecule has 1 aliphatic rings. The topological polar surface area (TPSA) is 53.9 Å². The highest BCUT2D eigenvalue weighted by molar-refractivity contribution is 6.30. The summed E-state index contributed by atoms with van der Waals surface area (Å²) in [5, 5.41) is 15.4. The molecule has 2 aromatic carbocycles. The van der Waals surface area contributed by atoms with Crippen LogP contribution < -0.4 is 10.1 Å². The largest absolute Gasteiger partial charge is 0.453 e. The molecule has 0 unspecified atom stereocenters. The Balaban J connectivity index is 2.03. The lowest BCUT2D eigenvalue weighted by molar-refractivity contribution is 0.322. The Morgan fingerprint density at radius 3 is 2.61 bits per heavy atom. The minimum atomic E-state index is 0.618. The summed E-state index contributed by atoms with van der Waals surface area (Å²) in [4.78, 5) is 0. The summed E-state index contributed by atoms with van der Waals surface area (Å²) < 4.78 is 5.75. The van der Waals surface area contributed by atoms with Crippen molar-refractivity contribution in [3.05, 3.63) is 47.0 Å². The van der Waals surface area contributed by atoms with E-state index in [-0.39, 0.29) is 0 Å². The van der Waals surface area contributed by atoms with Gasteiger partial charge in [0.05, 0.1) is 17.6 Å². The molecule has 5 heteroatoms. The summed E-state index contributed by atoms with van der Waals surface area (Å²) in [6.45, 7) is 0. The van der Waals surface area contributed by atoms with Crippen LogP contribution >= 0.6 is 11.6 Å². The van der Waals surface area contributed by atoms with Crippen molar-refractivity contribution in [3.63, 3.8) is 0 Å². The molecule has 0 saturated heterocycles. The van der Waals surface area contributed by atoms with Crippen LogP contribution in [0.3, 0.4) is 0 Å². The lowest BCUT2D eigenvalue weighted by atomic mass is 10.1. The Labute approximate surface area is 108 Å². The van der Waals surface area contributed by atoms with Crippen LogP contribution in [0.2, 0.25) is 5.02 Å². The maximum absolute atomic E-state index is 8.51. The predicted molar refractivity (Wildman–Crippen MR) is 70.6 cm³/mol. The fourth-order valence-corrected chi connectivity index (χ4v) is 1.98. The lowest BCUT2D eigenvalue weighted by Crippen LogP contribution is -2.03. The molecule has 0 saturated carbocycles.